The third kappa shape index (κ3) is 7.53. The third-order valence-electron chi connectivity index (χ3n) is 5.41. The van der Waals surface area contributed by atoms with Gasteiger partial charge in [0.1, 0.15) is 12.3 Å². The van der Waals surface area contributed by atoms with Crippen molar-refractivity contribution < 1.29 is 22.9 Å². The summed E-state index contributed by atoms with van der Waals surface area (Å²) in [6.45, 7) is 1.21. The summed E-state index contributed by atoms with van der Waals surface area (Å²) in [5, 5.41) is 15.0. The fourth-order valence-corrected chi connectivity index (χ4v) is 6.01. The smallest absolute Gasteiger partial charge is 0.273 e. The molecule has 0 atom stereocenters. The highest BCUT2D eigenvalue weighted by molar-refractivity contribution is 7.98. The number of thioether (sulfide) groups is 1. The average Bonchev–Trinajstić information content (AvgIpc) is 2.88. The van der Waals surface area contributed by atoms with Gasteiger partial charge in [0.25, 0.3) is 15.7 Å². The predicted molar refractivity (Wildman–Crippen MR) is 151 cm³/mol. The number of hydrogen-bond acceptors (Lipinski definition) is 7. The molecule has 0 aliphatic carbocycles. The minimum absolute atomic E-state index is 0.0236. The lowest BCUT2D eigenvalue weighted by molar-refractivity contribution is -0.385. The van der Waals surface area contributed by atoms with Crippen LogP contribution in [0.1, 0.15) is 11.1 Å². The average molecular weight is 599 g/mol. The molecule has 1 N–H and O–H groups in total. The Morgan fingerprint density at radius 3 is 2.42 bits per heavy atom. The van der Waals surface area contributed by atoms with Crippen molar-refractivity contribution in [2.24, 2.45) is 0 Å². The first-order valence-electron chi connectivity index (χ1n) is 11.2. The molecule has 3 aromatic carbocycles. The minimum Gasteiger partial charge on any atom is -0.495 e. The molecule has 0 heterocycles. The number of aryl methyl sites for hydroxylation is 1. The predicted octanol–water partition coefficient (Wildman–Crippen LogP) is 5.46. The van der Waals surface area contributed by atoms with Gasteiger partial charge in [-0.25, -0.2) is 8.42 Å². The quantitative estimate of drug-likeness (QED) is 0.167. The third-order valence-corrected chi connectivity index (χ3v) is 8.69. The number of ether oxygens (including phenoxy) is 1. The topological polar surface area (TPSA) is 119 Å². The number of nitrogens with zero attached hydrogens (tertiary/aromatic N) is 2. The lowest BCUT2D eigenvalue weighted by Crippen LogP contribution is -2.41. The molecule has 3 aromatic rings. The molecule has 0 fully saturated rings. The number of carbonyl (C=O) groups is 1. The molecule has 9 nitrogen and oxygen atoms in total. The van der Waals surface area contributed by atoms with Crippen molar-refractivity contribution in [1.82, 2.24) is 5.32 Å². The standard InChI is InChI=1S/C25H25Cl2N3O6S2/c1-17-3-9-21(14-22(17)30(32)33)38(34,35)29(23-13-20(27)8-10-24(23)36-2)15-25(31)28-11-12-37-16-18-4-6-19(26)7-5-18/h3-10,13-14H,11-12,15-16H2,1-2H3,(H,28,31). The molecule has 0 unspecified atom stereocenters. The number of anilines is 1. The van der Waals surface area contributed by atoms with Gasteiger partial charge in [-0.15, -0.1) is 0 Å². The van der Waals surface area contributed by atoms with E-state index in [0.29, 0.717) is 22.9 Å². The maximum Gasteiger partial charge on any atom is 0.273 e. The van der Waals surface area contributed by atoms with E-state index in [1.54, 1.807) is 23.9 Å². The van der Waals surface area contributed by atoms with Crippen molar-refractivity contribution in [2.45, 2.75) is 17.6 Å². The SMILES string of the molecule is COc1ccc(Cl)cc1N(CC(=O)NCCSCc1ccc(Cl)cc1)S(=O)(=O)c1ccc(C)c([N+](=O)[O-])c1. The van der Waals surface area contributed by atoms with Gasteiger partial charge in [0.2, 0.25) is 5.91 Å². The Morgan fingerprint density at radius 2 is 1.76 bits per heavy atom. The van der Waals surface area contributed by atoms with Gasteiger partial charge in [0.05, 0.1) is 22.6 Å². The van der Waals surface area contributed by atoms with Crippen molar-refractivity contribution >= 4 is 62.3 Å². The van der Waals surface area contributed by atoms with E-state index < -0.39 is 27.4 Å². The zero-order valence-electron chi connectivity index (χ0n) is 20.5. The van der Waals surface area contributed by atoms with Crippen LogP contribution in [0.5, 0.6) is 5.75 Å². The zero-order valence-corrected chi connectivity index (χ0v) is 23.7. The lowest BCUT2D eigenvalue weighted by atomic mass is 10.2. The zero-order chi connectivity index (χ0) is 27.9. The summed E-state index contributed by atoms with van der Waals surface area (Å²) < 4.78 is 33.6. The van der Waals surface area contributed by atoms with Gasteiger partial charge in [0, 0.05) is 39.7 Å². The second-order valence-corrected chi connectivity index (χ2v) is 11.9. The van der Waals surface area contributed by atoms with Crippen molar-refractivity contribution in [3.05, 3.63) is 92.0 Å². The van der Waals surface area contributed by atoms with Crippen LogP contribution in [0.3, 0.4) is 0 Å². The van der Waals surface area contributed by atoms with Crippen LogP contribution in [0.15, 0.2) is 65.6 Å². The van der Waals surface area contributed by atoms with Gasteiger partial charge in [0.15, 0.2) is 0 Å². The Labute approximate surface area is 235 Å². The number of benzene rings is 3. The highest BCUT2D eigenvalue weighted by Gasteiger charge is 2.31. The molecule has 0 saturated heterocycles. The number of nitrogens with one attached hydrogen (secondary N) is 1. The second kappa shape index (κ2) is 13.2. The molecule has 3 rings (SSSR count). The Balaban J connectivity index is 1.80. The Kier molecular flexibility index (Phi) is 10.3. The summed E-state index contributed by atoms with van der Waals surface area (Å²) >= 11 is 13.6. The maximum absolute atomic E-state index is 13.7. The summed E-state index contributed by atoms with van der Waals surface area (Å²) in [4.78, 5) is 23.3. The van der Waals surface area contributed by atoms with Crippen LogP contribution in [0, 0.1) is 17.0 Å². The monoisotopic (exact) mass is 597 g/mol. The molecule has 1 amide bonds. The van der Waals surface area contributed by atoms with E-state index >= 15 is 0 Å². The van der Waals surface area contributed by atoms with Crippen LogP contribution in [-0.4, -0.2) is 45.2 Å². The number of methoxy groups -OCH3 is 1. The number of hydrogen-bond donors (Lipinski definition) is 1. The second-order valence-electron chi connectivity index (χ2n) is 8.06. The molecule has 38 heavy (non-hydrogen) atoms. The maximum atomic E-state index is 13.7. The highest BCUT2D eigenvalue weighted by Crippen LogP contribution is 2.35. The van der Waals surface area contributed by atoms with Gasteiger partial charge in [-0.3, -0.25) is 19.2 Å². The molecule has 0 spiro atoms. The minimum atomic E-state index is -4.43. The number of amides is 1. The molecular formula is C25H25Cl2N3O6S2. The van der Waals surface area contributed by atoms with Crippen molar-refractivity contribution in [3.63, 3.8) is 0 Å². The van der Waals surface area contributed by atoms with Crippen LogP contribution >= 0.6 is 35.0 Å². The first-order valence-corrected chi connectivity index (χ1v) is 14.6. The van der Waals surface area contributed by atoms with Crippen LogP contribution < -0.4 is 14.4 Å². The molecule has 0 aromatic heterocycles. The van der Waals surface area contributed by atoms with E-state index in [4.69, 9.17) is 27.9 Å². The molecule has 0 saturated carbocycles. The summed E-state index contributed by atoms with van der Waals surface area (Å²) in [5.74, 6) is 0.904. The number of halogens is 2. The largest absolute Gasteiger partial charge is 0.495 e. The number of nitro groups is 1. The van der Waals surface area contributed by atoms with Crippen molar-refractivity contribution in [2.75, 3.05) is 30.3 Å². The fourth-order valence-electron chi connectivity index (χ4n) is 3.45. The van der Waals surface area contributed by atoms with Crippen LogP contribution in [0.2, 0.25) is 10.0 Å². The Morgan fingerprint density at radius 1 is 1.08 bits per heavy atom. The Hall–Kier alpha value is -2.99. The van der Waals surface area contributed by atoms with E-state index in [1.165, 1.54) is 44.4 Å². The van der Waals surface area contributed by atoms with E-state index in [1.807, 2.05) is 12.1 Å². The van der Waals surface area contributed by atoms with Gasteiger partial charge < -0.3 is 10.1 Å². The molecule has 0 aliphatic heterocycles. The van der Waals surface area contributed by atoms with E-state index in [-0.39, 0.29) is 27.0 Å². The van der Waals surface area contributed by atoms with Crippen molar-refractivity contribution in [1.29, 1.82) is 0 Å². The van der Waals surface area contributed by atoms with Gasteiger partial charge >= 0.3 is 0 Å². The number of carbonyl (C=O) groups excluding carboxylic acids is 1. The number of nitro benzene ring substituents is 1. The summed E-state index contributed by atoms with van der Waals surface area (Å²) in [5.41, 5.74) is 1.06. The fraction of sp³-hybridized carbons (Fsp3) is 0.240. The number of sulfonamides is 1. The van der Waals surface area contributed by atoms with E-state index in [0.717, 1.165) is 21.7 Å². The number of rotatable bonds is 12. The van der Waals surface area contributed by atoms with Gasteiger partial charge in [-0.1, -0.05) is 41.4 Å². The molecule has 202 valence electrons. The van der Waals surface area contributed by atoms with E-state index in [2.05, 4.69) is 5.32 Å². The molecule has 13 heteroatoms. The molecule has 0 aliphatic rings. The first kappa shape index (κ1) is 29.6. The van der Waals surface area contributed by atoms with Crippen LogP contribution in [0.4, 0.5) is 11.4 Å². The van der Waals surface area contributed by atoms with E-state index in [9.17, 15) is 23.3 Å². The molecular weight excluding hydrogens is 573 g/mol. The lowest BCUT2D eigenvalue weighted by Gasteiger charge is -2.26. The van der Waals surface area contributed by atoms with Gasteiger partial charge in [-0.2, -0.15) is 11.8 Å². The highest BCUT2D eigenvalue weighted by atomic mass is 35.5. The molecule has 0 bridgehead atoms. The van der Waals surface area contributed by atoms with Crippen LogP contribution in [0.25, 0.3) is 0 Å². The summed E-state index contributed by atoms with van der Waals surface area (Å²) in [6, 6.07) is 15.4. The summed E-state index contributed by atoms with van der Waals surface area (Å²) in [7, 11) is -3.08. The first-order chi connectivity index (χ1) is 18.0. The summed E-state index contributed by atoms with van der Waals surface area (Å²) in [6.07, 6.45) is 0. The van der Waals surface area contributed by atoms with Crippen LogP contribution in [-0.2, 0) is 20.6 Å². The normalized spacial score (nSPS) is 11.2. The molecule has 0 radical (unpaired) electrons. The Bertz CT molecular complexity index is 1420. The van der Waals surface area contributed by atoms with Crippen molar-refractivity contribution in [3.8, 4) is 5.75 Å². The van der Waals surface area contributed by atoms with Gasteiger partial charge in [-0.05, 0) is 48.9 Å².